The van der Waals surface area contributed by atoms with Crippen LogP contribution in [0.25, 0.3) is 10.9 Å². The number of hydrogen-bond acceptors (Lipinski definition) is 5. The summed E-state index contributed by atoms with van der Waals surface area (Å²) in [5.74, 6) is 0.270. The van der Waals surface area contributed by atoms with Gasteiger partial charge < -0.3 is 19.2 Å². The average molecular weight is 426 g/mol. The second kappa shape index (κ2) is 9.66. The van der Waals surface area contributed by atoms with Gasteiger partial charge in [-0.1, -0.05) is 30.3 Å². The van der Waals surface area contributed by atoms with Gasteiger partial charge in [-0.25, -0.2) is 9.28 Å². The second-order valence-electron chi connectivity index (χ2n) is 7.77. The summed E-state index contributed by atoms with van der Waals surface area (Å²) in [5, 5.41) is 1.01. The number of benzene rings is 2. The number of carbonyl (C=O) groups is 2. The number of carbonyl (C=O) groups excluding carboxylic acids is 2. The summed E-state index contributed by atoms with van der Waals surface area (Å²) < 4.78 is 15.7. The van der Waals surface area contributed by atoms with Crippen LogP contribution in [0, 0.1) is 0 Å². The molecule has 1 N–H and O–H groups in total. The largest absolute Gasteiger partial charge is 0.516 e. The Hall–Kier alpha value is -3.32. The van der Waals surface area contributed by atoms with Gasteiger partial charge in [0.25, 0.3) is 0 Å². The topological polar surface area (TPSA) is 77.6 Å². The molecule has 1 amide bonds. The molecule has 0 fully saturated rings. The fourth-order valence-electron chi connectivity index (χ4n) is 3.47. The van der Waals surface area contributed by atoms with Crippen molar-refractivity contribution < 1.29 is 28.3 Å². The van der Waals surface area contributed by atoms with Crippen molar-refractivity contribution in [3.63, 3.8) is 0 Å². The number of fused-ring (bicyclic) bond motifs is 1. The van der Waals surface area contributed by atoms with Crippen molar-refractivity contribution in [3.8, 4) is 5.75 Å². The Morgan fingerprint density at radius 1 is 1.03 bits per heavy atom. The minimum Gasteiger partial charge on any atom is -0.497 e. The Kier molecular flexibility index (Phi) is 6.97. The number of nitrogens with zero attached hydrogens (tertiary/aromatic N) is 1. The van der Waals surface area contributed by atoms with E-state index in [-0.39, 0.29) is 17.7 Å². The van der Waals surface area contributed by atoms with Gasteiger partial charge in [0, 0.05) is 23.5 Å². The number of H-pyrrole nitrogens is 1. The Labute approximate surface area is 182 Å². The van der Waals surface area contributed by atoms with Crippen LogP contribution in [0.1, 0.15) is 18.1 Å². The number of rotatable bonds is 8. The number of likely N-dealkylation sites (N-methyl/N-ethyl adjacent to an activating group) is 1. The molecule has 3 rings (SSSR count). The van der Waals surface area contributed by atoms with Gasteiger partial charge in [-0.05, 0) is 36.2 Å². The van der Waals surface area contributed by atoms with Crippen LogP contribution in [0.2, 0.25) is 0 Å². The molecular weight excluding hydrogens is 396 g/mol. The third-order valence-corrected chi connectivity index (χ3v) is 5.42. The lowest BCUT2D eigenvalue weighted by molar-refractivity contribution is -0.834. The molecule has 1 unspecified atom stereocenters. The Bertz CT molecular complexity index is 1040. The van der Waals surface area contributed by atoms with Crippen molar-refractivity contribution in [1.29, 1.82) is 0 Å². The fraction of sp³-hybridized carbons (Fsp3) is 0.333. The Morgan fingerprint density at radius 3 is 2.42 bits per heavy atom. The number of para-hydroxylation sites is 1. The number of hydrogen-bond donors (Lipinski definition) is 1. The zero-order valence-electron chi connectivity index (χ0n) is 18.4. The summed E-state index contributed by atoms with van der Waals surface area (Å²) in [6.45, 7) is 2.09. The quantitative estimate of drug-likeness (QED) is 0.435. The summed E-state index contributed by atoms with van der Waals surface area (Å²) in [4.78, 5) is 29.1. The van der Waals surface area contributed by atoms with E-state index in [0.29, 0.717) is 6.42 Å². The molecule has 31 heavy (non-hydrogen) atoms. The monoisotopic (exact) mass is 425 g/mol. The van der Waals surface area contributed by atoms with Gasteiger partial charge in [-0.2, -0.15) is 4.79 Å². The predicted octanol–water partition coefficient (Wildman–Crippen LogP) is 4.06. The van der Waals surface area contributed by atoms with Gasteiger partial charge in [0.2, 0.25) is 6.04 Å². The van der Waals surface area contributed by atoms with E-state index in [9.17, 15) is 9.59 Å². The third-order valence-electron chi connectivity index (χ3n) is 5.42. The van der Waals surface area contributed by atoms with E-state index in [0.717, 1.165) is 27.8 Å². The minimum absolute atomic E-state index is 0.107. The van der Waals surface area contributed by atoms with E-state index in [1.807, 2.05) is 54.7 Å². The number of quaternary nitrogens is 1. The number of nitrogens with one attached hydrogen (secondary N) is 1. The average Bonchev–Trinajstić information content (AvgIpc) is 3.19. The lowest BCUT2D eigenvalue weighted by atomic mass is 10.0. The van der Waals surface area contributed by atoms with Crippen LogP contribution in [0.5, 0.6) is 5.75 Å². The van der Waals surface area contributed by atoms with Crippen molar-refractivity contribution in [2.24, 2.45) is 0 Å². The molecule has 0 bridgehead atoms. The maximum Gasteiger partial charge on any atom is 0.516 e. The first-order valence-corrected chi connectivity index (χ1v) is 10.2. The molecule has 0 radical (unpaired) electrons. The van der Waals surface area contributed by atoms with Crippen molar-refractivity contribution in [1.82, 2.24) is 4.98 Å². The fourth-order valence-corrected chi connectivity index (χ4v) is 3.47. The molecule has 7 nitrogen and oxygen atoms in total. The maximum atomic E-state index is 13.2. The Morgan fingerprint density at radius 2 is 1.74 bits per heavy atom. The standard InChI is InChI=1S/C24H29N2O5/c1-5-30-24(28)26(2,3)22(14-18-15-25-21-9-7-6-8-20(18)21)23(27)31-16-17-10-12-19(29-4)13-11-17/h6-13,15,22,25H,5,14,16H2,1-4H3/q+1. The zero-order chi connectivity index (χ0) is 22.4. The van der Waals surface area contributed by atoms with Gasteiger partial charge in [0.05, 0.1) is 27.8 Å². The third kappa shape index (κ3) is 5.06. The Balaban J connectivity index is 1.83. The molecule has 0 aliphatic heterocycles. The van der Waals surface area contributed by atoms with E-state index < -0.39 is 18.1 Å². The normalized spacial score (nSPS) is 12.4. The number of amides is 1. The lowest BCUT2D eigenvalue weighted by Gasteiger charge is -2.32. The molecule has 1 aromatic heterocycles. The first-order chi connectivity index (χ1) is 14.9. The molecule has 164 valence electrons. The van der Waals surface area contributed by atoms with Gasteiger partial charge in [-0.3, -0.25) is 0 Å². The van der Waals surface area contributed by atoms with E-state index in [2.05, 4.69) is 4.98 Å². The van der Waals surface area contributed by atoms with Crippen LogP contribution in [0.15, 0.2) is 54.7 Å². The van der Waals surface area contributed by atoms with Gasteiger partial charge in [0.1, 0.15) is 12.4 Å². The number of methoxy groups -OCH3 is 1. The van der Waals surface area contributed by atoms with Crippen molar-refractivity contribution in [2.45, 2.75) is 26.0 Å². The van der Waals surface area contributed by atoms with Crippen LogP contribution in [0.3, 0.4) is 0 Å². The highest BCUT2D eigenvalue weighted by Gasteiger charge is 2.44. The number of esters is 1. The number of ether oxygens (including phenoxy) is 3. The molecule has 0 aliphatic rings. The maximum absolute atomic E-state index is 13.2. The van der Waals surface area contributed by atoms with Crippen molar-refractivity contribution >= 4 is 23.0 Å². The van der Waals surface area contributed by atoms with Crippen LogP contribution < -0.4 is 4.74 Å². The summed E-state index contributed by atoms with van der Waals surface area (Å²) in [7, 11) is 4.94. The summed E-state index contributed by atoms with van der Waals surface area (Å²) in [6, 6.07) is 14.4. The molecule has 1 heterocycles. The van der Waals surface area contributed by atoms with E-state index in [1.54, 1.807) is 28.1 Å². The SMILES string of the molecule is CCOC(=O)[N+](C)(C)C(Cc1c[nH]c2ccccc12)C(=O)OCc1ccc(OC)cc1. The predicted molar refractivity (Wildman–Crippen MR) is 118 cm³/mol. The molecule has 2 aromatic carbocycles. The first-order valence-electron chi connectivity index (χ1n) is 10.2. The van der Waals surface area contributed by atoms with Gasteiger partial charge >= 0.3 is 12.1 Å². The van der Waals surface area contributed by atoms with Crippen LogP contribution in [-0.4, -0.2) is 55.4 Å². The zero-order valence-corrected chi connectivity index (χ0v) is 18.4. The summed E-state index contributed by atoms with van der Waals surface area (Å²) >= 11 is 0. The molecule has 7 heteroatoms. The van der Waals surface area contributed by atoms with Gasteiger partial charge in [0.15, 0.2) is 0 Å². The first kappa shape index (κ1) is 22.4. The lowest BCUT2D eigenvalue weighted by Crippen LogP contribution is -2.58. The van der Waals surface area contributed by atoms with Crippen molar-refractivity contribution in [2.75, 3.05) is 27.8 Å². The van der Waals surface area contributed by atoms with Crippen LogP contribution in [0.4, 0.5) is 4.79 Å². The number of aromatic amines is 1. The molecule has 0 saturated heterocycles. The highest BCUT2D eigenvalue weighted by atomic mass is 16.6. The second-order valence-corrected chi connectivity index (χ2v) is 7.77. The molecule has 0 aliphatic carbocycles. The molecule has 1 atom stereocenters. The highest BCUT2D eigenvalue weighted by Crippen LogP contribution is 2.24. The van der Waals surface area contributed by atoms with Crippen molar-refractivity contribution in [3.05, 3.63) is 65.9 Å². The summed E-state index contributed by atoms with van der Waals surface area (Å²) in [6.07, 6.45) is 1.73. The molecule has 0 spiro atoms. The highest BCUT2D eigenvalue weighted by molar-refractivity contribution is 5.84. The molecular formula is C24H29N2O5+. The molecule has 3 aromatic rings. The number of aromatic nitrogens is 1. The minimum atomic E-state index is -0.767. The van der Waals surface area contributed by atoms with Gasteiger partial charge in [-0.15, -0.1) is 0 Å². The van der Waals surface area contributed by atoms with E-state index >= 15 is 0 Å². The summed E-state index contributed by atoms with van der Waals surface area (Å²) in [5.41, 5.74) is 2.75. The molecule has 0 saturated carbocycles. The smallest absolute Gasteiger partial charge is 0.497 e. The van der Waals surface area contributed by atoms with E-state index in [1.165, 1.54) is 0 Å². The van der Waals surface area contributed by atoms with Crippen LogP contribution >= 0.6 is 0 Å². The van der Waals surface area contributed by atoms with E-state index in [4.69, 9.17) is 14.2 Å². The van der Waals surface area contributed by atoms with Crippen LogP contribution in [-0.2, 0) is 27.3 Å².